The highest BCUT2D eigenvalue weighted by Gasteiger charge is 2.33. The van der Waals surface area contributed by atoms with E-state index in [4.69, 9.17) is 21.7 Å². The van der Waals surface area contributed by atoms with Crippen LogP contribution in [0.4, 0.5) is 10.1 Å². The lowest BCUT2D eigenvalue weighted by Crippen LogP contribution is -2.27. The Morgan fingerprint density at radius 3 is 2.44 bits per heavy atom. The van der Waals surface area contributed by atoms with Gasteiger partial charge in [-0.05, 0) is 60.2 Å². The molecule has 1 aliphatic rings. The minimum absolute atomic E-state index is 0.204. The second kappa shape index (κ2) is 9.33. The molecule has 1 fully saturated rings. The smallest absolute Gasteiger partial charge is 0.343 e. The van der Waals surface area contributed by atoms with E-state index >= 15 is 0 Å². The number of carbonyl (C=O) groups is 2. The number of nitrogens with zero attached hydrogens (tertiary/aromatic N) is 1. The highest BCUT2D eigenvalue weighted by molar-refractivity contribution is 8.27. The van der Waals surface area contributed by atoms with Gasteiger partial charge >= 0.3 is 5.97 Å². The van der Waals surface area contributed by atoms with Gasteiger partial charge in [0.1, 0.15) is 5.82 Å². The minimum atomic E-state index is -0.639. The van der Waals surface area contributed by atoms with Crippen LogP contribution in [0.15, 0.2) is 77.7 Å². The fourth-order valence-corrected chi connectivity index (χ4v) is 4.32. The van der Waals surface area contributed by atoms with Crippen LogP contribution in [-0.2, 0) is 4.79 Å². The molecule has 1 amide bonds. The lowest BCUT2D eigenvalue weighted by atomic mass is 10.1. The highest BCUT2D eigenvalue weighted by atomic mass is 32.2. The maximum absolute atomic E-state index is 13.1. The standard InChI is InChI=1S/C24H16FNO4S2/c1-29-20-13-15(7-12-19(20)30-23(28)16-8-10-17(25)11-9-16)14-21-22(27)26(24(31)32-21)18-5-3-2-4-6-18/h2-14H,1H3. The Hall–Kier alpha value is -3.49. The summed E-state index contributed by atoms with van der Waals surface area (Å²) in [6, 6.07) is 19.2. The lowest BCUT2D eigenvalue weighted by molar-refractivity contribution is -0.113. The molecule has 0 spiro atoms. The molecular formula is C24H16FNO4S2. The van der Waals surface area contributed by atoms with Gasteiger partial charge in [0.05, 0.1) is 23.3 Å². The first-order valence-corrected chi connectivity index (χ1v) is 10.7. The van der Waals surface area contributed by atoms with Crippen LogP contribution in [0, 0.1) is 5.82 Å². The van der Waals surface area contributed by atoms with Crippen molar-refractivity contribution in [3.8, 4) is 11.5 Å². The van der Waals surface area contributed by atoms with Gasteiger partial charge in [-0.3, -0.25) is 9.69 Å². The van der Waals surface area contributed by atoms with Crippen LogP contribution in [0.1, 0.15) is 15.9 Å². The number of thioether (sulfide) groups is 1. The Morgan fingerprint density at radius 2 is 1.75 bits per heavy atom. The number of esters is 1. The fraction of sp³-hybridized carbons (Fsp3) is 0.0417. The van der Waals surface area contributed by atoms with E-state index in [1.807, 2.05) is 30.3 Å². The topological polar surface area (TPSA) is 55.8 Å². The maximum Gasteiger partial charge on any atom is 0.343 e. The van der Waals surface area contributed by atoms with Gasteiger partial charge in [0.25, 0.3) is 5.91 Å². The molecule has 3 aromatic carbocycles. The summed E-state index contributed by atoms with van der Waals surface area (Å²) >= 11 is 6.60. The average molecular weight is 466 g/mol. The van der Waals surface area contributed by atoms with E-state index in [0.29, 0.717) is 26.2 Å². The molecule has 8 heteroatoms. The number of amides is 1. The zero-order valence-electron chi connectivity index (χ0n) is 16.8. The summed E-state index contributed by atoms with van der Waals surface area (Å²) in [6.07, 6.45) is 1.70. The summed E-state index contributed by atoms with van der Waals surface area (Å²) in [5, 5.41) is 0. The monoisotopic (exact) mass is 465 g/mol. The van der Waals surface area contributed by atoms with Crippen molar-refractivity contribution in [1.82, 2.24) is 0 Å². The number of methoxy groups -OCH3 is 1. The molecule has 32 heavy (non-hydrogen) atoms. The van der Waals surface area contributed by atoms with Crippen molar-refractivity contribution in [2.45, 2.75) is 0 Å². The number of halogens is 1. The van der Waals surface area contributed by atoms with E-state index in [1.165, 1.54) is 48.0 Å². The van der Waals surface area contributed by atoms with Crippen LogP contribution in [-0.4, -0.2) is 23.3 Å². The van der Waals surface area contributed by atoms with Crippen molar-refractivity contribution >= 4 is 51.9 Å². The molecule has 0 aromatic heterocycles. The lowest BCUT2D eigenvalue weighted by Gasteiger charge is -2.13. The summed E-state index contributed by atoms with van der Waals surface area (Å²) in [4.78, 5) is 27.2. The minimum Gasteiger partial charge on any atom is -0.493 e. The van der Waals surface area contributed by atoms with Gasteiger partial charge in [0.15, 0.2) is 15.8 Å². The molecule has 0 aliphatic carbocycles. The molecule has 0 unspecified atom stereocenters. The molecule has 160 valence electrons. The SMILES string of the molecule is COc1cc(C=C2SC(=S)N(c3ccccc3)C2=O)ccc1OC(=O)c1ccc(F)cc1. The molecule has 5 nitrogen and oxygen atoms in total. The van der Waals surface area contributed by atoms with Crippen molar-refractivity contribution in [1.29, 1.82) is 0 Å². The van der Waals surface area contributed by atoms with Crippen LogP contribution in [0.2, 0.25) is 0 Å². The number of carbonyl (C=O) groups excluding carboxylic acids is 2. The van der Waals surface area contributed by atoms with Gasteiger partial charge in [-0.1, -0.05) is 48.2 Å². The summed E-state index contributed by atoms with van der Waals surface area (Å²) in [7, 11) is 1.45. The van der Waals surface area contributed by atoms with E-state index in [0.717, 1.165) is 0 Å². The van der Waals surface area contributed by atoms with Gasteiger partial charge in [0, 0.05) is 0 Å². The van der Waals surface area contributed by atoms with Gasteiger partial charge in [-0.15, -0.1) is 0 Å². The predicted octanol–water partition coefficient (Wildman–Crippen LogP) is 5.46. The zero-order chi connectivity index (χ0) is 22.7. The third-order valence-electron chi connectivity index (χ3n) is 4.58. The Kier molecular flexibility index (Phi) is 6.34. The van der Waals surface area contributed by atoms with Gasteiger partial charge in [-0.2, -0.15) is 0 Å². The van der Waals surface area contributed by atoms with E-state index in [9.17, 15) is 14.0 Å². The Morgan fingerprint density at radius 1 is 1.03 bits per heavy atom. The summed E-state index contributed by atoms with van der Waals surface area (Å²) in [5.41, 5.74) is 1.60. The highest BCUT2D eigenvalue weighted by Crippen LogP contribution is 2.37. The molecule has 0 radical (unpaired) electrons. The van der Waals surface area contributed by atoms with E-state index in [1.54, 1.807) is 24.3 Å². The molecule has 1 saturated heterocycles. The second-order valence-corrected chi connectivity index (χ2v) is 8.34. The molecule has 4 rings (SSSR count). The molecule has 0 atom stereocenters. The Labute approximate surface area is 193 Å². The number of ether oxygens (including phenoxy) is 2. The van der Waals surface area contributed by atoms with Crippen molar-refractivity contribution in [3.05, 3.63) is 94.6 Å². The maximum atomic E-state index is 13.1. The van der Waals surface area contributed by atoms with Crippen molar-refractivity contribution in [3.63, 3.8) is 0 Å². The van der Waals surface area contributed by atoms with E-state index < -0.39 is 11.8 Å². The molecule has 0 saturated carbocycles. The summed E-state index contributed by atoms with van der Waals surface area (Å²) in [6.45, 7) is 0. The van der Waals surface area contributed by atoms with Crippen molar-refractivity contribution in [2.24, 2.45) is 0 Å². The number of hydrogen-bond acceptors (Lipinski definition) is 6. The Bertz CT molecular complexity index is 1230. The summed E-state index contributed by atoms with van der Waals surface area (Å²) < 4.78 is 24.3. The first kappa shape index (κ1) is 21.7. The predicted molar refractivity (Wildman–Crippen MR) is 126 cm³/mol. The second-order valence-electron chi connectivity index (χ2n) is 6.66. The Balaban J connectivity index is 1.56. The quantitative estimate of drug-likeness (QED) is 0.216. The molecule has 1 heterocycles. The van der Waals surface area contributed by atoms with Crippen molar-refractivity contribution in [2.75, 3.05) is 12.0 Å². The van der Waals surface area contributed by atoms with E-state index in [2.05, 4.69) is 0 Å². The fourth-order valence-electron chi connectivity index (χ4n) is 3.02. The normalized spacial score (nSPS) is 14.7. The number of anilines is 1. The average Bonchev–Trinajstić information content (AvgIpc) is 3.08. The van der Waals surface area contributed by atoms with Crippen LogP contribution in [0.3, 0.4) is 0 Å². The third kappa shape index (κ3) is 4.56. The van der Waals surface area contributed by atoms with Gasteiger partial charge in [-0.25, -0.2) is 9.18 Å². The van der Waals surface area contributed by atoms with Crippen LogP contribution >= 0.6 is 24.0 Å². The van der Waals surface area contributed by atoms with E-state index in [-0.39, 0.29) is 17.2 Å². The van der Waals surface area contributed by atoms with Crippen LogP contribution in [0.5, 0.6) is 11.5 Å². The number of para-hydroxylation sites is 1. The number of hydrogen-bond donors (Lipinski definition) is 0. The molecule has 3 aromatic rings. The molecule has 0 bridgehead atoms. The van der Waals surface area contributed by atoms with Crippen LogP contribution in [0.25, 0.3) is 6.08 Å². The van der Waals surface area contributed by atoms with Crippen LogP contribution < -0.4 is 14.4 Å². The number of benzene rings is 3. The third-order valence-corrected chi connectivity index (χ3v) is 5.88. The summed E-state index contributed by atoms with van der Waals surface area (Å²) in [5.74, 6) is -0.776. The largest absolute Gasteiger partial charge is 0.493 e. The van der Waals surface area contributed by atoms with Crippen molar-refractivity contribution < 1.29 is 23.5 Å². The van der Waals surface area contributed by atoms with Gasteiger partial charge < -0.3 is 9.47 Å². The molecule has 1 aliphatic heterocycles. The number of thiocarbonyl (C=S) groups is 1. The zero-order valence-corrected chi connectivity index (χ0v) is 18.4. The number of rotatable bonds is 5. The molecular weight excluding hydrogens is 449 g/mol. The first-order valence-electron chi connectivity index (χ1n) is 9.45. The molecule has 0 N–H and O–H groups in total. The van der Waals surface area contributed by atoms with Gasteiger partial charge in [0.2, 0.25) is 0 Å². The first-order chi connectivity index (χ1) is 15.5.